The average Bonchev–Trinajstić information content (AvgIpc) is 2.77. The number of rotatable bonds is 1. The largest absolute Gasteiger partial charge is 0.358 e. The van der Waals surface area contributed by atoms with E-state index in [1.807, 2.05) is 0 Å². The highest BCUT2D eigenvalue weighted by Crippen LogP contribution is 2.29. The van der Waals surface area contributed by atoms with Gasteiger partial charge in [-0.1, -0.05) is 11.8 Å². The number of H-pyrrole nitrogens is 1. The van der Waals surface area contributed by atoms with E-state index in [1.54, 1.807) is 0 Å². The van der Waals surface area contributed by atoms with Crippen molar-refractivity contribution >= 4 is 23.5 Å². The molecule has 18 heavy (non-hydrogen) atoms. The summed E-state index contributed by atoms with van der Waals surface area (Å²) in [5, 5.41) is 1.38. The van der Waals surface area contributed by atoms with Gasteiger partial charge in [-0.05, 0) is 49.4 Å². The molecule has 1 N–H and O–H groups in total. The first kappa shape index (κ1) is 11.7. The van der Waals surface area contributed by atoms with Crippen LogP contribution in [0.1, 0.15) is 36.1 Å². The summed E-state index contributed by atoms with van der Waals surface area (Å²) < 4.78 is 0. The molecule has 1 aromatic carbocycles. The van der Waals surface area contributed by atoms with Crippen LogP contribution in [-0.2, 0) is 12.8 Å². The Bertz CT molecular complexity index is 628. The minimum Gasteiger partial charge on any atom is -0.358 e. The fourth-order valence-corrected chi connectivity index (χ4v) is 2.82. The van der Waals surface area contributed by atoms with Crippen LogP contribution in [-0.4, -0.2) is 10.7 Å². The van der Waals surface area contributed by atoms with Crippen LogP contribution >= 0.6 is 12.6 Å². The Kier molecular flexibility index (Phi) is 3.34. The summed E-state index contributed by atoms with van der Waals surface area (Å²) in [6.45, 7) is 0. The van der Waals surface area contributed by atoms with E-state index in [-0.39, 0.29) is 0 Å². The van der Waals surface area contributed by atoms with E-state index in [0.717, 1.165) is 17.7 Å². The van der Waals surface area contributed by atoms with Crippen LogP contribution in [0.2, 0.25) is 0 Å². The van der Waals surface area contributed by atoms with Gasteiger partial charge in [-0.2, -0.15) is 12.6 Å². The van der Waals surface area contributed by atoms with Crippen molar-refractivity contribution in [2.75, 3.05) is 5.75 Å². The number of hydrogen-bond acceptors (Lipinski definition) is 1. The number of aryl methyl sites for hydroxylation is 2. The number of hydrogen-bond donors (Lipinski definition) is 2. The van der Waals surface area contributed by atoms with Gasteiger partial charge in [0.05, 0.1) is 0 Å². The molecule has 0 saturated heterocycles. The summed E-state index contributed by atoms with van der Waals surface area (Å²) in [4.78, 5) is 3.55. The van der Waals surface area contributed by atoms with E-state index in [0.29, 0.717) is 0 Å². The van der Waals surface area contributed by atoms with Gasteiger partial charge in [0.15, 0.2) is 0 Å². The average molecular weight is 255 g/mol. The molecular weight excluding hydrogens is 238 g/mol. The second kappa shape index (κ2) is 5.12. The first-order chi connectivity index (χ1) is 8.88. The maximum Gasteiger partial charge on any atom is 0.0459 e. The van der Waals surface area contributed by atoms with E-state index < -0.39 is 0 Å². The lowest BCUT2D eigenvalue weighted by molar-refractivity contribution is 0.680. The predicted molar refractivity (Wildman–Crippen MR) is 80.3 cm³/mol. The zero-order valence-corrected chi connectivity index (χ0v) is 11.3. The Labute approximate surface area is 113 Å². The number of thiol groups is 1. The predicted octanol–water partition coefficient (Wildman–Crippen LogP) is 3.72. The molecule has 0 radical (unpaired) electrons. The third-order valence-electron chi connectivity index (χ3n) is 3.57. The molecule has 0 spiro atoms. The molecule has 2 heteroatoms. The highest BCUT2D eigenvalue weighted by atomic mass is 32.1. The molecule has 1 aromatic heterocycles. The molecule has 1 aliphatic rings. The van der Waals surface area contributed by atoms with Crippen molar-refractivity contribution in [3.05, 3.63) is 35.0 Å². The molecule has 0 amide bonds. The van der Waals surface area contributed by atoms with Crippen molar-refractivity contribution < 1.29 is 0 Å². The quantitative estimate of drug-likeness (QED) is 0.570. The van der Waals surface area contributed by atoms with Crippen molar-refractivity contribution in [1.29, 1.82) is 0 Å². The van der Waals surface area contributed by atoms with Crippen LogP contribution < -0.4 is 0 Å². The van der Waals surface area contributed by atoms with E-state index in [2.05, 4.69) is 47.7 Å². The van der Waals surface area contributed by atoms with Crippen LogP contribution in [0.3, 0.4) is 0 Å². The lowest BCUT2D eigenvalue weighted by atomic mass is 9.95. The smallest absolute Gasteiger partial charge is 0.0459 e. The van der Waals surface area contributed by atoms with Gasteiger partial charge in [-0.15, -0.1) is 0 Å². The van der Waals surface area contributed by atoms with Gasteiger partial charge in [-0.25, -0.2) is 0 Å². The molecule has 0 saturated carbocycles. The Balaban J connectivity index is 2.03. The Morgan fingerprint density at radius 2 is 2.11 bits per heavy atom. The molecule has 92 valence electrons. The topological polar surface area (TPSA) is 15.8 Å². The van der Waals surface area contributed by atoms with E-state index >= 15 is 0 Å². The van der Waals surface area contributed by atoms with E-state index in [9.17, 15) is 0 Å². The molecule has 0 aliphatic heterocycles. The minimum atomic E-state index is 0.828. The van der Waals surface area contributed by atoms with Gasteiger partial charge >= 0.3 is 0 Å². The third kappa shape index (κ3) is 2.15. The molecule has 1 heterocycles. The van der Waals surface area contributed by atoms with Gasteiger partial charge in [-0.3, -0.25) is 0 Å². The standard InChI is InChI=1S/C16H17NS/c18-10-4-3-5-12-8-9-16-14(11-12)13-6-1-2-7-15(13)17-16/h8-9,11,17-18H,1-2,4,6-7,10H2. The molecular formula is C16H17NS. The van der Waals surface area contributed by atoms with E-state index in [4.69, 9.17) is 0 Å². The fraction of sp³-hybridized carbons (Fsp3) is 0.375. The Morgan fingerprint density at radius 1 is 1.22 bits per heavy atom. The SMILES string of the molecule is SCCC#Cc1ccc2[nH]c3c(c2c1)CCCC3. The van der Waals surface area contributed by atoms with Crippen molar-refractivity contribution in [3.8, 4) is 11.8 Å². The van der Waals surface area contributed by atoms with Crippen molar-refractivity contribution in [2.24, 2.45) is 0 Å². The van der Waals surface area contributed by atoms with Crippen molar-refractivity contribution in [3.63, 3.8) is 0 Å². The molecule has 1 nitrogen and oxygen atoms in total. The summed E-state index contributed by atoms with van der Waals surface area (Å²) >= 11 is 4.17. The van der Waals surface area contributed by atoms with Crippen LogP contribution in [0.5, 0.6) is 0 Å². The summed E-state index contributed by atoms with van der Waals surface area (Å²) in [6.07, 6.45) is 5.89. The Morgan fingerprint density at radius 3 is 3.00 bits per heavy atom. The number of benzene rings is 1. The summed E-state index contributed by atoms with van der Waals surface area (Å²) in [5.74, 6) is 7.20. The lowest BCUT2D eigenvalue weighted by Crippen LogP contribution is -1.99. The normalized spacial score (nSPS) is 14.1. The number of aromatic amines is 1. The summed E-state index contributed by atoms with van der Waals surface area (Å²) in [7, 11) is 0. The lowest BCUT2D eigenvalue weighted by Gasteiger charge is -2.10. The molecule has 3 rings (SSSR count). The van der Waals surface area contributed by atoms with Gasteiger partial charge in [0, 0.05) is 34.3 Å². The van der Waals surface area contributed by atoms with Gasteiger partial charge in [0.2, 0.25) is 0 Å². The van der Waals surface area contributed by atoms with Crippen LogP contribution in [0.15, 0.2) is 18.2 Å². The zero-order chi connectivity index (χ0) is 12.4. The van der Waals surface area contributed by atoms with Crippen LogP contribution in [0, 0.1) is 11.8 Å². The molecule has 0 bridgehead atoms. The van der Waals surface area contributed by atoms with Gasteiger partial charge < -0.3 is 4.98 Å². The van der Waals surface area contributed by atoms with Crippen LogP contribution in [0.4, 0.5) is 0 Å². The number of nitrogens with one attached hydrogen (secondary N) is 1. The zero-order valence-electron chi connectivity index (χ0n) is 10.4. The molecule has 0 unspecified atom stereocenters. The molecule has 1 aliphatic carbocycles. The Hall–Kier alpha value is -1.33. The van der Waals surface area contributed by atoms with Gasteiger partial charge in [0.1, 0.15) is 0 Å². The van der Waals surface area contributed by atoms with Crippen LogP contribution in [0.25, 0.3) is 10.9 Å². The minimum absolute atomic E-state index is 0.828. The maximum absolute atomic E-state index is 4.17. The first-order valence-electron chi connectivity index (χ1n) is 6.61. The second-order valence-corrected chi connectivity index (χ2v) is 5.27. The molecule has 0 atom stereocenters. The second-order valence-electron chi connectivity index (χ2n) is 4.82. The highest BCUT2D eigenvalue weighted by molar-refractivity contribution is 7.80. The molecule has 0 fully saturated rings. The fourth-order valence-electron chi connectivity index (χ4n) is 2.70. The number of fused-ring (bicyclic) bond motifs is 3. The maximum atomic E-state index is 4.17. The van der Waals surface area contributed by atoms with Crippen molar-refractivity contribution in [1.82, 2.24) is 4.98 Å². The number of aromatic nitrogens is 1. The van der Waals surface area contributed by atoms with Gasteiger partial charge in [0.25, 0.3) is 0 Å². The van der Waals surface area contributed by atoms with E-state index in [1.165, 1.54) is 47.8 Å². The van der Waals surface area contributed by atoms with Crippen molar-refractivity contribution in [2.45, 2.75) is 32.1 Å². The molecule has 2 aromatic rings. The first-order valence-corrected chi connectivity index (χ1v) is 7.25. The monoisotopic (exact) mass is 255 g/mol. The highest BCUT2D eigenvalue weighted by Gasteiger charge is 2.14. The third-order valence-corrected chi connectivity index (χ3v) is 3.79. The summed E-state index contributed by atoms with van der Waals surface area (Å²) in [5.41, 5.74) is 5.35. The summed E-state index contributed by atoms with van der Waals surface area (Å²) in [6, 6.07) is 6.51.